The minimum atomic E-state index is -0.216. The second-order valence-corrected chi connectivity index (χ2v) is 9.12. The lowest BCUT2D eigenvalue weighted by Crippen LogP contribution is -2.28. The molecule has 0 aliphatic carbocycles. The first kappa shape index (κ1) is 24.1. The Balaban J connectivity index is 1.58. The predicted molar refractivity (Wildman–Crippen MR) is 129 cm³/mol. The molecule has 170 valence electrons. The van der Waals surface area contributed by atoms with Crippen LogP contribution in [0.4, 0.5) is 0 Å². The lowest BCUT2D eigenvalue weighted by molar-refractivity contribution is 0.0952. The van der Waals surface area contributed by atoms with E-state index in [1.165, 1.54) is 10.6 Å². The van der Waals surface area contributed by atoms with E-state index in [1.807, 2.05) is 24.5 Å². The molecule has 1 N–H and O–H groups in total. The fourth-order valence-corrected chi connectivity index (χ4v) is 4.07. The average Bonchev–Trinajstić information content (AvgIpc) is 3.15. The Morgan fingerprint density at radius 1 is 1.19 bits per heavy atom. The normalized spacial score (nSPS) is 11.2. The Kier molecular flexibility index (Phi) is 8.53. The van der Waals surface area contributed by atoms with Crippen LogP contribution >= 0.6 is 23.4 Å². The molecule has 2 heterocycles. The molecule has 1 aromatic carbocycles. The first-order valence-corrected chi connectivity index (χ1v) is 12.2. The van der Waals surface area contributed by atoms with Gasteiger partial charge in [-0.1, -0.05) is 55.4 Å². The number of aryl methyl sites for hydroxylation is 1. The van der Waals surface area contributed by atoms with Crippen molar-refractivity contribution in [3.8, 4) is 0 Å². The second kappa shape index (κ2) is 11.3. The molecule has 0 atom stereocenters. The van der Waals surface area contributed by atoms with Crippen LogP contribution in [0.15, 0.2) is 52.5 Å². The van der Waals surface area contributed by atoms with E-state index in [-0.39, 0.29) is 11.5 Å². The zero-order valence-corrected chi connectivity index (χ0v) is 20.1. The van der Waals surface area contributed by atoms with Crippen molar-refractivity contribution in [3.05, 3.63) is 74.9 Å². The van der Waals surface area contributed by atoms with Crippen LogP contribution in [0.1, 0.15) is 42.0 Å². The van der Waals surface area contributed by atoms with Gasteiger partial charge in [0, 0.05) is 36.8 Å². The van der Waals surface area contributed by atoms with Gasteiger partial charge in [-0.2, -0.15) is 0 Å². The highest BCUT2D eigenvalue weighted by Crippen LogP contribution is 2.17. The Morgan fingerprint density at radius 3 is 2.69 bits per heavy atom. The summed E-state index contributed by atoms with van der Waals surface area (Å²) < 4.78 is 3.65. The molecule has 32 heavy (non-hydrogen) atoms. The van der Waals surface area contributed by atoms with Gasteiger partial charge < -0.3 is 14.5 Å². The maximum absolute atomic E-state index is 12.6. The third kappa shape index (κ3) is 6.23. The van der Waals surface area contributed by atoms with Gasteiger partial charge in [0.2, 0.25) is 0 Å². The first-order chi connectivity index (χ1) is 15.4. The molecule has 7 nitrogen and oxygen atoms in total. The Bertz CT molecular complexity index is 1130. The number of carbonyl (C=O) groups is 1. The van der Waals surface area contributed by atoms with Crippen molar-refractivity contribution in [2.24, 2.45) is 5.92 Å². The van der Waals surface area contributed by atoms with E-state index in [0.29, 0.717) is 29.6 Å². The van der Waals surface area contributed by atoms with Crippen LogP contribution in [0, 0.1) is 5.92 Å². The van der Waals surface area contributed by atoms with Gasteiger partial charge in [0.05, 0.1) is 12.1 Å². The van der Waals surface area contributed by atoms with Crippen molar-refractivity contribution in [1.29, 1.82) is 0 Å². The van der Waals surface area contributed by atoms with Gasteiger partial charge in [0.25, 0.3) is 11.5 Å². The van der Waals surface area contributed by atoms with E-state index in [2.05, 4.69) is 33.9 Å². The van der Waals surface area contributed by atoms with Crippen LogP contribution in [0.2, 0.25) is 5.02 Å². The zero-order valence-electron chi connectivity index (χ0n) is 18.5. The summed E-state index contributed by atoms with van der Waals surface area (Å²) in [5.74, 6) is 1.22. The number of rotatable bonds is 10. The lowest BCUT2D eigenvalue weighted by Gasteiger charge is -2.12. The molecule has 0 saturated heterocycles. The number of pyridine rings is 1. The van der Waals surface area contributed by atoms with Crippen LogP contribution in [0.3, 0.4) is 0 Å². The van der Waals surface area contributed by atoms with Crippen LogP contribution < -0.4 is 10.9 Å². The summed E-state index contributed by atoms with van der Waals surface area (Å²) in [6.07, 6.45) is 5.04. The molecule has 0 unspecified atom stereocenters. The molecule has 9 heteroatoms. The van der Waals surface area contributed by atoms with Gasteiger partial charge in [-0.25, -0.2) is 0 Å². The second-order valence-electron chi connectivity index (χ2n) is 7.94. The van der Waals surface area contributed by atoms with E-state index in [9.17, 15) is 9.59 Å². The number of hydrogen-bond acceptors (Lipinski definition) is 5. The van der Waals surface area contributed by atoms with Crippen molar-refractivity contribution in [3.63, 3.8) is 0 Å². The van der Waals surface area contributed by atoms with Gasteiger partial charge in [0.15, 0.2) is 5.16 Å². The summed E-state index contributed by atoms with van der Waals surface area (Å²) in [6, 6.07) is 10.3. The summed E-state index contributed by atoms with van der Waals surface area (Å²) in [5, 5.41) is 13.0. The van der Waals surface area contributed by atoms with Gasteiger partial charge >= 0.3 is 0 Å². The van der Waals surface area contributed by atoms with Crippen molar-refractivity contribution in [2.75, 3.05) is 12.8 Å². The molecule has 0 spiro atoms. The van der Waals surface area contributed by atoms with Crippen LogP contribution in [0.5, 0.6) is 0 Å². The van der Waals surface area contributed by atoms with Gasteiger partial charge in [0.1, 0.15) is 5.82 Å². The number of amides is 1. The smallest absolute Gasteiger partial charge is 0.252 e. The maximum Gasteiger partial charge on any atom is 0.252 e. The number of aromatic nitrogens is 4. The summed E-state index contributed by atoms with van der Waals surface area (Å²) in [7, 11) is 0. The molecule has 1 amide bonds. The molecule has 2 aromatic heterocycles. The number of thioether (sulfide) groups is 1. The Labute approximate surface area is 197 Å². The standard InChI is InChI=1S/C23H28ClN5O2S/c1-16(2)13-29-20(26-27-23(29)32-3)9-6-12-25-22(31)18-10-11-21(30)28(15-18)14-17-7-4-5-8-19(17)24/h4-5,7-8,10-11,15-16H,6,9,12-14H2,1-3H3,(H,25,31). The number of halogens is 1. The van der Waals surface area contributed by atoms with E-state index in [1.54, 1.807) is 30.1 Å². The SMILES string of the molecule is CSc1nnc(CCCNC(=O)c2ccc(=O)n(Cc3ccccc3Cl)c2)n1CC(C)C. The number of carbonyl (C=O) groups excluding carboxylic acids is 1. The molecule has 0 aliphatic heterocycles. The number of hydrogen-bond donors (Lipinski definition) is 1. The van der Waals surface area contributed by atoms with Crippen LogP contribution in [-0.2, 0) is 19.5 Å². The highest BCUT2D eigenvalue weighted by molar-refractivity contribution is 7.98. The monoisotopic (exact) mass is 473 g/mol. The summed E-state index contributed by atoms with van der Waals surface area (Å²) in [6.45, 7) is 6.02. The quantitative estimate of drug-likeness (QED) is 0.357. The van der Waals surface area contributed by atoms with Crippen molar-refractivity contribution >= 4 is 29.3 Å². The van der Waals surface area contributed by atoms with Gasteiger partial charge in [-0.05, 0) is 36.3 Å². The summed E-state index contributed by atoms with van der Waals surface area (Å²) >= 11 is 7.79. The van der Waals surface area contributed by atoms with Crippen molar-refractivity contribution < 1.29 is 4.79 Å². The van der Waals surface area contributed by atoms with E-state index in [4.69, 9.17) is 11.6 Å². The van der Waals surface area contributed by atoms with Gasteiger partial charge in [-0.15, -0.1) is 10.2 Å². The number of benzene rings is 1. The van der Waals surface area contributed by atoms with Gasteiger partial charge in [-0.3, -0.25) is 9.59 Å². The number of nitrogens with one attached hydrogen (secondary N) is 1. The molecule has 0 aliphatic rings. The van der Waals surface area contributed by atoms with E-state index >= 15 is 0 Å². The Hall–Kier alpha value is -2.58. The fraction of sp³-hybridized carbons (Fsp3) is 0.391. The van der Waals surface area contributed by atoms with Crippen molar-refractivity contribution in [2.45, 2.75) is 44.9 Å². The molecule has 0 radical (unpaired) electrons. The van der Waals surface area contributed by atoms with E-state index in [0.717, 1.165) is 35.9 Å². The summed E-state index contributed by atoms with van der Waals surface area (Å²) in [4.78, 5) is 24.8. The molecular formula is C23H28ClN5O2S. The molecule has 0 bridgehead atoms. The minimum Gasteiger partial charge on any atom is -0.352 e. The molecule has 3 rings (SSSR count). The highest BCUT2D eigenvalue weighted by Gasteiger charge is 2.13. The number of nitrogens with zero attached hydrogens (tertiary/aromatic N) is 4. The molecule has 0 saturated carbocycles. The minimum absolute atomic E-state index is 0.185. The lowest BCUT2D eigenvalue weighted by atomic mass is 10.2. The maximum atomic E-state index is 12.6. The topological polar surface area (TPSA) is 81.8 Å². The third-order valence-corrected chi connectivity index (χ3v) is 5.97. The fourth-order valence-electron chi connectivity index (χ4n) is 3.35. The molecular weight excluding hydrogens is 446 g/mol. The largest absolute Gasteiger partial charge is 0.352 e. The van der Waals surface area contributed by atoms with E-state index < -0.39 is 0 Å². The zero-order chi connectivity index (χ0) is 23.1. The third-order valence-electron chi connectivity index (χ3n) is 4.93. The van der Waals surface area contributed by atoms with Crippen molar-refractivity contribution in [1.82, 2.24) is 24.6 Å². The predicted octanol–water partition coefficient (Wildman–Crippen LogP) is 3.88. The average molecular weight is 474 g/mol. The first-order valence-electron chi connectivity index (χ1n) is 10.6. The highest BCUT2D eigenvalue weighted by atomic mass is 35.5. The Morgan fingerprint density at radius 2 is 1.97 bits per heavy atom. The summed E-state index contributed by atoms with van der Waals surface area (Å²) in [5.41, 5.74) is 1.07. The molecule has 3 aromatic rings. The molecule has 0 fully saturated rings. The van der Waals surface area contributed by atoms with Crippen LogP contribution in [-0.4, -0.2) is 38.0 Å². The van der Waals surface area contributed by atoms with Crippen LogP contribution in [0.25, 0.3) is 0 Å².